The van der Waals surface area contributed by atoms with Crippen LogP contribution in [-0.4, -0.2) is 26.1 Å². The maximum absolute atomic E-state index is 5.97. The monoisotopic (exact) mass is 262 g/mol. The quantitative estimate of drug-likeness (QED) is 0.835. The van der Waals surface area contributed by atoms with Gasteiger partial charge in [-0.2, -0.15) is 0 Å². The molecule has 0 radical (unpaired) electrons. The topological polar surface area (TPSA) is 27.7 Å². The molecule has 2 rings (SSSR count). The van der Waals surface area contributed by atoms with Crippen LogP contribution in [-0.2, 0) is 9.47 Å². The number of benzene rings is 1. The van der Waals surface area contributed by atoms with Crippen LogP contribution in [0.4, 0.5) is 0 Å². The first-order valence-corrected chi connectivity index (χ1v) is 5.83. The number of rotatable bonds is 4. The standard InChI is InChI=1S/C11H12Cl2O3/c12-8-2-1-3-9(11(8)13)14-5-4-10-15-6-7-16-10/h1-3,10H,4-7H2. The van der Waals surface area contributed by atoms with E-state index in [0.717, 1.165) is 0 Å². The predicted molar refractivity (Wildman–Crippen MR) is 62.3 cm³/mol. The van der Waals surface area contributed by atoms with Gasteiger partial charge >= 0.3 is 0 Å². The Morgan fingerprint density at radius 1 is 1.25 bits per heavy atom. The highest BCUT2D eigenvalue weighted by Crippen LogP contribution is 2.31. The lowest BCUT2D eigenvalue weighted by Crippen LogP contribution is -2.12. The Bertz CT molecular complexity index is 351. The minimum Gasteiger partial charge on any atom is -0.492 e. The molecule has 16 heavy (non-hydrogen) atoms. The molecule has 1 aliphatic heterocycles. The molecule has 88 valence electrons. The molecule has 0 saturated carbocycles. The van der Waals surface area contributed by atoms with Crippen molar-refractivity contribution in [2.75, 3.05) is 19.8 Å². The smallest absolute Gasteiger partial charge is 0.161 e. The average Bonchev–Trinajstić information content (AvgIpc) is 2.77. The Labute approximate surface area is 104 Å². The molecule has 3 nitrogen and oxygen atoms in total. The molecule has 0 aromatic heterocycles. The minimum atomic E-state index is -0.155. The van der Waals surface area contributed by atoms with Crippen molar-refractivity contribution in [3.05, 3.63) is 28.2 Å². The van der Waals surface area contributed by atoms with Crippen LogP contribution in [0.25, 0.3) is 0 Å². The van der Waals surface area contributed by atoms with Gasteiger partial charge in [-0.3, -0.25) is 0 Å². The fourth-order valence-electron chi connectivity index (χ4n) is 1.43. The maximum Gasteiger partial charge on any atom is 0.161 e. The zero-order valence-electron chi connectivity index (χ0n) is 8.62. The Morgan fingerprint density at radius 2 is 2.00 bits per heavy atom. The Hall–Kier alpha value is -0.480. The van der Waals surface area contributed by atoms with Crippen LogP contribution < -0.4 is 4.74 Å². The molecule has 5 heteroatoms. The first kappa shape index (κ1) is 12.0. The summed E-state index contributed by atoms with van der Waals surface area (Å²) in [4.78, 5) is 0. The lowest BCUT2D eigenvalue weighted by atomic mass is 10.3. The molecule has 0 aliphatic carbocycles. The second-order valence-corrected chi connectivity index (χ2v) is 4.15. The van der Waals surface area contributed by atoms with Crippen molar-refractivity contribution in [2.24, 2.45) is 0 Å². The van der Waals surface area contributed by atoms with E-state index >= 15 is 0 Å². The molecule has 1 heterocycles. The van der Waals surface area contributed by atoms with Gasteiger partial charge in [-0.1, -0.05) is 29.3 Å². The van der Waals surface area contributed by atoms with Gasteiger partial charge in [0, 0.05) is 6.42 Å². The third-order valence-electron chi connectivity index (χ3n) is 2.22. The van der Waals surface area contributed by atoms with Crippen LogP contribution >= 0.6 is 23.2 Å². The van der Waals surface area contributed by atoms with Crippen LogP contribution in [0.5, 0.6) is 5.75 Å². The Kier molecular flexibility index (Phi) is 4.29. The molecule has 0 N–H and O–H groups in total. The van der Waals surface area contributed by atoms with Crippen molar-refractivity contribution in [1.29, 1.82) is 0 Å². The van der Waals surface area contributed by atoms with E-state index in [1.807, 2.05) is 0 Å². The largest absolute Gasteiger partial charge is 0.492 e. The van der Waals surface area contributed by atoms with Gasteiger partial charge in [0.2, 0.25) is 0 Å². The summed E-state index contributed by atoms with van der Waals surface area (Å²) in [6.45, 7) is 1.80. The normalized spacial score (nSPS) is 16.6. The summed E-state index contributed by atoms with van der Waals surface area (Å²) in [7, 11) is 0. The molecule has 0 bridgehead atoms. The zero-order chi connectivity index (χ0) is 11.4. The third-order valence-corrected chi connectivity index (χ3v) is 3.02. The van der Waals surface area contributed by atoms with E-state index in [-0.39, 0.29) is 6.29 Å². The van der Waals surface area contributed by atoms with E-state index in [2.05, 4.69) is 0 Å². The Balaban J connectivity index is 1.82. The highest BCUT2D eigenvalue weighted by Gasteiger charge is 2.15. The summed E-state index contributed by atoms with van der Waals surface area (Å²) < 4.78 is 16.1. The highest BCUT2D eigenvalue weighted by atomic mass is 35.5. The summed E-state index contributed by atoms with van der Waals surface area (Å²) >= 11 is 11.8. The summed E-state index contributed by atoms with van der Waals surface area (Å²) in [6, 6.07) is 5.30. The lowest BCUT2D eigenvalue weighted by molar-refractivity contribution is -0.0531. The maximum atomic E-state index is 5.97. The van der Waals surface area contributed by atoms with Crippen molar-refractivity contribution >= 4 is 23.2 Å². The van der Waals surface area contributed by atoms with Crippen molar-refractivity contribution in [3.63, 3.8) is 0 Å². The van der Waals surface area contributed by atoms with Gasteiger partial charge in [0.25, 0.3) is 0 Å². The van der Waals surface area contributed by atoms with Crippen LogP contribution in [0, 0.1) is 0 Å². The minimum absolute atomic E-state index is 0.155. The molecule has 0 unspecified atom stereocenters. The molecular weight excluding hydrogens is 251 g/mol. The predicted octanol–water partition coefficient (Wildman–Crippen LogP) is 3.14. The second kappa shape index (κ2) is 5.73. The van der Waals surface area contributed by atoms with E-state index < -0.39 is 0 Å². The lowest BCUT2D eigenvalue weighted by Gasteiger charge is -2.11. The molecule has 1 aromatic rings. The first-order valence-electron chi connectivity index (χ1n) is 5.07. The van der Waals surface area contributed by atoms with Crippen molar-refractivity contribution in [2.45, 2.75) is 12.7 Å². The van der Waals surface area contributed by atoms with Crippen LogP contribution in [0.3, 0.4) is 0 Å². The Morgan fingerprint density at radius 3 is 2.75 bits per heavy atom. The first-order chi connectivity index (χ1) is 7.77. The third kappa shape index (κ3) is 3.01. The van der Waals surface area contributed by atoms with Gasteiger partial charge in [0.05, 0.1) is 24.8 Å². The van der Waals surface area contributed by atoms with E-state index in [1.165, 1.54) is 0 Å². The van der Waals surface area contributed by atoms with Gasteiger partial charge in [-0.25, -0.2) is 0 Å². The molecule has 0 amide bonds. The number of ether oxygens (including phenoxy) is 3. The van der Waals surface area contributed by atoms with E-state index in [1.54, 1.807) is 18.2 Å². The van der Waals surface area contributed by atoms with Crippen LogP contribution in [0.1, 0.15) is 6.42 Å². The fraction of sp³-hybridized carbons (Fsp3) is 0.455. The molecule has 1 aliphatic rings. The van der Waals surface area contributed by atoms with E-state index in [0.29, 0.717) is 42.0 Å². The second-order valence-electron chi connectivity index (χ2n) is 3.36. The van der Waals surface area contributed by atoms with Gasteiger partial charge in [0.15, 0.2) is 6.29 Å². The van der Waals surface area contributed by atoms with Crippen molar-refractivity contribution in [1.82, 2.24) is 0 Å². The van der Waals surface area contributed by atoms with E-state index in [4.69, 9.17) is 37.4 Å². The molecule has 0 spiro atoms. The molecule has 1 saturated heterocycles. The average molecular weight is 263 g/mol. The molecule has 1 aromatic carbocycles. The summed E-state index contributed by atoms with van der Waals surface area (Å²) in [6.07, 6.45) is 0.529. The van der Waals surface area contributed by atoms with E-state index in [9.17, 15) is 0 Å². The number of hydrogen-bond donors (Lipinski definition) is 0. The SMILES string of the molecule is Clc1cccc(OCCC2OCCO2)c1Cl. The van der Waals surface area contributed by atoms with Crippen LogP contribution in [0.2, 0.25) is 10.0 Å². The summed E-state index contributed by atoms with van der Waals surface area (Å²) in [5.74, 6) is 0.590. The van der Waals surface area contributed by atoms with Crippen LogP contribution in [0.15, 0.2) is 18.2 Å². The van der Waals surface area contributed by atoms with Gasteiger partial charge in [-0.05, 0) is 12.1 Å². The molecular formula is C11H12Cl2O3. The zero-order valence-corrected chi connectivity index (χ0v) is 10.1. The number of hydrogen-bond acceptors (Lipinski definition) is 3. The summed E-state index contributed by atoms with van der Waals surface area (Å²) in [5, 5.41) is 0.935. The fourth-order valence-corrected chi connectivity index (χ4v) is 1.78. The summed E-state index contributed by atoms with van der Waals surface area (Å²) in [5.41, 5.74) is 0. The highest BCUT2D eigenvalue weighted by molar-refractivity contribution is 6.42. The van der Waals surface area contributed by atoms with Crippen molar-refractivity contribution < 1.29 is 14.2 Å². The van der Waals surface area contributed by atoms with Gasteiger partial charge in [-0.15, -0.1) is 0 Å². The van der Waals surface area contributed by atoms with Gasteiger partial charge in [0.1, 0.15) is 10.8 Å². The van der Waals surface area contributed by atoms with Gasteiger partial charge < -0.3 is 14.2 Å². The van der Waals surface area contributed by atoms with Crippen molar-refractivity contribution in [3.8, 4) is 5.75 Å². The molecule has 1 fully saturated rings. The molecule has 0 atom stereocenters. The number of halogens is 2.